The van der Waals surface area contributed by atoms with Crippen LogP contribution in [0.1, 0.15) is 29.4 Å². The quantitative estimate of drug-likeness (QED) is 0.295. The second-order valence-electron chi connectivity index (χ2n) is 10.2. The Labute approximate surface area is 240 Å². The first-order valence-electron chi connectivity index (χ1n) is 13.4. The van der Waals surface area contributed by atoms with E-state index in [1.807, 2.05) is 17.9 Å². The van der Waals surface area contributed by atoms with Gasteiger partial charge in [0.05, 0.1) is 30.3 Å². The number of aromatic nitrogens is 5. The molecule has 5 heterocycles. The van der Waals surface area contributed by atoms with Crippen molar-refractivity contribution in [2.75, 3.05) is 36.5 Å². The molecular formula is C29H28ClN7O2S. The highest BCUT2D eigenvalue weighted by Gasteiger charge is 2.32. The maximum absolute atomic E-state index is 13.7. The molecule has 0 saturated carbocycles. The first-order chi connectivity index (χ1) is 19.6. The average molecular weight is 574 g/mol. The standard InChI is InChI=1S/C29H28ClN7O2S/c1-18-15-21(19-4-6-20(7-5-19)35-10-12-39-13-11-35)24(30)25-22(18)16-37(34-25)27(28(38)33-29-31-8-14-40-29)26-23-3-2-9-36(23)17-32-26/h4-8,14-17,27H,2-3,9-13H2,1H3,(H,31,33,38). The number of benzene rings is 2. The minimum atomic E-state index is -0.752. The van der Waals surface area contributed by atoms with E-state index in [0.717, 1.165) is 73.5 Å². The average Bonchev–Trinajstić information content (AvgIpc) is 3.78. The third kappa shape index (κ3) is 4.46. The van der Waals surface area contributed by atoms with Crippen molar-refractivity contribution in [1.82, 2.24) is 24.3 Å². The monoisotopic (exact) mass is 573 g/mol. The van der Waals surface area contributed by atoms with Gasteiger partial charge < -0.3 is 14.2 Å². The molecule has 1 unspecified atom stereocenters. The van der Waals surface area contributed by atoms with Gasteiger partial charge in [-0.05, 0) is 49.1 Å². The summed E-state index contributed by atoms with van der Waals surface area (Å²) in [5, 5.41) is 11.7. The molecule has 2 aliphatic heterocycles. The van der Waals surface area contributed by atoms with E-state index >= 15 is 0 Å². The predicted octanol–water partition coefficient (Wildman–Crippen LogP) is 5.33. The largest absolute Gasteiger partial charge is 0.378 e. The van der Waals surface area contributed by atoms with E-state index in [1.54, 1.807) is 10.9 Å². The van der Waals surface area contributed by atoms with Crippen LogP contribution in [0.4, 0.5) is 10.8 Å². The van der Waals surface area contributed by atoms with Crippen LogP contribution < -0.4 is 10.2 Å². The Morgan fingerprint density at radius 2 is 1.98 bits per heavy atom. The fourth-order valence-electron chi connectivity index (χ4n) is 5.70. The van der Waals surface area contributed by atoms with E-state index in [1.165, 1.54) is 17.0 Å². The molecule has 0 radical (unpaired) electrons. The highest BCUT2D eigenvalue weighted by Crippen LogP contribution is 2.38. The molecule has 3 aromatic heterocycles. The molecule has 1 amide bonds. The molecule has 11 heteroatoms. The zero-order chi connectivity index (χ0) is 27.2. The number of morpholine rings is 1. The molecular weight excluding hydrogens is 546 g/mol. The Balaban J connectivity index is 1.28. The Kier molecular flexibility index (Phi) is 6.53. The number of hydrogen-bond acceptors (Lipinski definition) is 7. The van der Waals surface area contributed by atoms with Crippen molar-refractivity contribution in [2.45, 2.75) is 32.4 Å². The minimum absolute atomic E-state index is 0.233. The molecule has 0 spiro atoms. The number of amides is 1. The molecule has 0 aliphatic carbocycles. The van der Waals surface area contributed by atoms with E-state index < -0.39 is 6.04 Å². The van der Waals surface area contributed by atoms with Crippen LogP contribution in [0.3, 0.4) is 0 Å². The number of nitrogens with one attached hydrogen (secondary N) is 1. The van der Waals surface area contributed by atoms with Crippen LogP contribution >= 0.6 is 22.9 Å². The lowest BCUT2D eigenvalue weighted by Gasteiger charge is -2.29. The number of hydrogen-bond donors (Lipinski definition) is 1. The second-order valence-corrected chi connectivity index (χ2v) is 11.4. The number of thiazole rings is 1. The molecule has 1 atom stereocenters. The summed E-state index contributed by atoms with van der Waals surface area (Å²) in [5.41, 5.74) is 6.59. The van der Waals surface area contributed by atoms with Crippen LogP contribution in [-0.4, -0.2) is 56.5 Å². The van der Waals surface area contributed by atoms with Crippen molar-refractivity contribution in [3.05, 3.63) is 76.4 Å². The number of halogens is 1. The summed E-state index contributed by atoms with van der Waals surface area (Å²) in [7, 11) is 0. The lowest BCUT2D eigenvalue weighted by atomic mass is 10.0. The second kappa shape index (κ2) is 10.3. The molecule has 204 valence electrons. The molecule has 5 aromatic rings. The van der Waals surface area contributed by atoms with Crippen LogP contribution in [0, 0.1) is 6.92 Å². The van der Waals surface area contributed by atoms with Gasteiger partial charge >= 0.3 is 0 Å². The molecule has 1 N–H and O–H groups in total. The zero-order valence-corrected chi connectivity index (χ0v) is 23.6. The number of rotatable bonds is 6. The molecule has 40 heavy (non-hydrogen) atoms. The van der Waals surface area contributed by atoms with E-state index in [-0.39, 0.29) is 5.91 Å². The predicted molar refractivity (Wildman–Crippen MR) is 157 cm³/mol. The van der Waals surface area contributed by atoms with Gasteiger partial charge in [-0.2, -0.15) is 5.10 Å². The van der Waals surface area contributed by atoms with Gasteiger partial charge in [-0.3, -0.25) is 14.8 Å². The van der Waals surface area contributed by atoms with Crippen molar-refractivity contribution < 1.29 is 9.53 Å². The molecule has 2 aliphatic rings. The van der Waals surface area contributed by atoms with Crippen molar-refractivity contribution in [3.8, 4) is 11.1 Å². The van der Waals surface area contributed by atoms with Gasteiger partial charge in [0.2, 0.25) is 0 Å². The Morgan fingerprint density at radius 3 is 2.75 bits per heavy atom. The fourth-order valence-corrected chi connectivity index (χ4v) is 6.54. The maximum atomic E-state index is 13.7. The lowest BCUT2D eigenvalue weighted by Crippen LogP contribution is -2.36. The highest BCUT2D eigenvalue weighted by molar-refractivity contribution is 7.13. The molecule has 7 rings (SSSR count). The van der Waals surface area contributed by atoms with E-state index in [9.17, 15) is 4.79 Å². The summed E-state index contributed by atoms with van der Waals surface area (Å²) in [6.45, 7) is 6.23. The van der Waals surface area contributed by atoms with Gasteiger partial charge in [-0.25, -0.2) is 9.97 Å². The van der Waals surface area contributed by atoms with Gasteiger partial charge in [0.1, 0.15) is 5.52 Å². The van der Waals surface area contributed by atoms with Crippen molar-refractivity contribution in [3.63, 3.8) is 0 Å². The van der Waals surface area contributed by atoms with Crippen molar-refractivity contribution in [1.29, 1.82) is 0 Å². The van der Waals surface area contributed by atoms with Crippen molar-refractivity contribution in [2.24, 2.45) is 0 Å². The van der Waals surface area contributed by atoms with E-state index in [4.69, 9.17) is 21.4 Å². The normalized spacial score (nSPS) is 15.9. The van der Waals surface area contributed by atoms with Crippen LogP contribution in [-0.2, 0) is 22.5 Å². The van der Waals surface area contributed by atoms with Gasteiger partial charge in [-0.1, -0.05) is 23.7 Å². The first kappa shape index (κ1) is 25.3. The fraction of sp³-hybridized carbons (Fsp3) is 0.310. The van der Waals surface area contributed by atoms with Gasteiger partial charge in [-0.15, -0.1) is 11.3 Å². The Morgan fingerprint density at radius 1 is 1.15 bits per heavy atom. The van der Waals surface area contributed by atoms with Crippen LogP contribution in [0.2, 0.25) is 5.02 Å². The number of aryl methyl sites for hydroxylation is 2. The SMILES string of the molecule is Cc1cc(-c2ccc(N3CCOCC3)cc2)c(Cl)c2nn(C(C(=O)Nc3nccs3)c3ncn4c3CCC4)cc12. The molecule has 0 bridgehead atoms. The maximum Gasteiger partial charge on any atom is 0.257 e. The summed E-state index contributed by atoms with van der Waals surface area (Å²) in [6.07, 6.45) is 7.31. The van der Waals surface area contributed by atoms with E-state index in [2.05, 4.69) is 62.0 Å². The summed E-state index contributed by atoms with van der Waals surface area (Å²) in [6, 6.07) is 9.82. The number of carbonyl (C=O) groups is 1. The third-order valence-electron chi connectivity index (χ3n) is 7.74. The molecule has 9 nitrogen and oxygen atoms in total. The van der Waals surface area contributed by atoms with E-state index in [0.29, 0.717) is 21.4 Å². The zero-order valence-electron chi connectivity index (χ0n) is 22.0. The molecule has 2 aromatic carbocycles. The Hall–Kier alpha value is -3.73. The first-order valence-corrected chi connectivity index (χ1v) is 14.7. The van der Waals surface area contributed by atoms with Crippen molar-refractivity contribution >= 4 is 50.6 Å². The molecule has 1 fully saturated rings. The van der Waals surface area contributed by atoms with Crippen LogP contribution in [0.5, 0.6) is 0 Å². The van der Waals surface area contributed by atoms with Gasteiger partial charge in [0.25, 0.3) is 5.91 Å². The topological polar surface area (TPSA) is 90.1 Å². The van der Waals surface area contributed by atoms with Crippen LogP contribution in [0.15, 0.2) is 54.4 Å². The van der Waals surface area contributed by atoms with Gasteiger partial charge in [0, 0.05) is 59.7 Å². The lowest BCUT2D eigenvalue weighted by molar-refractivity contribution is -0.118. The number of carbonyl (C=O) groups excluding carboxylic acids is 1. The smallest absolute Gasteiger partial charge is 0.257 e. The summed E-state index contributed by atoms with van der Waals surface area (Å²) < 4.78 is 9.32. The summed E-state index contributed by atoms with van der Waals surface area (Å²) in [4.78, 5) is 24.9. The highest BCUT2D eigenvalue weighted by atomic mass is 35.5. The number of nitrogens with zero attached hydrogens (tertiary/aromatic N) is 6. The number of anilines is 2. The minimum Gasteiger partial charge on any atom is -0.378 e. The third-order valence-corrected chi connectivity index (χ3v) is 8.81. The Bertz CT molecular complexity index is 1690. The summed E-state index contributed by atoms with van der Waals surface area (Å²) >= 11 is 8.41. The number of ether oxygens (including phenoxy) is 1. The number of imidazole rings is 1. The molecule has 1 saturated heterocycles. The number of fused-ring (bicyclic) bond motifs is 2. The summed E-state index contributed by atoms with van der Waals surface area (Å²) in [5.74, 6) is -0.233. The van der Waals surface area contributed by atoms with Crippen LogP contribution in [0.25, 0.3) is 22.0 Å². The van der Waals surface area contributed by atoms with Gasteiger partial charge in [0.15, 0.2) is 11.2 Å².